The first-order valence-electron chi connectivity index (χ1n) is 8.28. The molecule has 0 aromatic carbocycles. The van der Waals surface area contributed by atoms with Gasteiger partial charge in [0.05, 0.1) is 22.5 Å². The molecule has 24 heavy (non-hydrogen) atoms. The minimum absolute atomic E-state index is 0.0387. The second-order valence-corrected chi connectivity index (χ2v) is 8.81. The van der Waals surface area contributed by atoms with Crippen molar-refractivity contribution in [3.63, 3.8) is 0 Å². The standard InChI is InChI=1S/C16H21BrF2N2O2S/c1-23-14(22)11-5-3-2-4-10(11)12-13(17)24-15(20-12)21-8-6-16(18,19)7-9-21/h10-11H,2-9H2,1H3/t10-,11-/m1/s1. The van der Waals surface area contributed by atoms with Gasteiger partial charge in [0, 0.05) is 31.8 Å². The van der Waals surface area contributed by atoms with E-state index in [9.17, 15) is 13.6 Å². The first-order valence-corrected chi connectivity index (χ1v) is 9.89. The fourth-order valence-corrected chi connectivity index (χ4v) is 5.32. The number of piperidine rings is 1. The largest absolute Gasteiger partial charge is 0.469 e. The summed E-state index contributed by atoms with van der Waals surface area (Å²) in [5.41, 5.74) is 0.877. The summed E-state index contributed by atoms with van der Waals surface area (Å²) in [6.45, 7) is 0.634. The second-order valence-electron chi connectivity index (χ2n) is 6.52. The molecule has 1 aromatic rings. The molecule has 2 fully saturated rings. The summed E-state index contributed by atoms with van der Waals surface area (Å²) in [5, 5.41) is 0.765. The third-order valence-corrected chi connectivity index (χ3v) is 6.80. The fraction of sp³-hybridized carbons (Fsp3) is 0.750. The Labute approximate surface area is 152 Å². The van der Waals surface area contributed by atoms with Gasteiger partial charge in [-0.3, -0.25) is 4.79 Å². The van der Waals surface area contributed by atoms with Crippen LogP contribution >= 0.6 is 27.3 Å². The predicted molar refractivity (Wildman–Crippen MR) is 92.9 cm³/mol. The molecule has 1 aliphatic heterocycles. The molecule has 4 nitrogen and oxygen atoms in total. The lowest BCUT2D eigenvalue weighted by atomic mass is 9.78. The van der Waals surface area contributed by atoms with Crippen LogP contribution in [0, 0.1) is 5.92 Å². The quantitative estimate of drug-likeness (QED) is 0.668. The van der Waals surface area contributed by atoms with Crippen molar-refractivity contribution in [2.75, 3.05) is 25.1 Å². The van der Waals surface area contributed by atoms with Gasteiger partial charge in [-0.05, 0) is 28.8 Å². The van der Waals surface area contributed by atoms with Crippen molar-refractivity contribution < 1.29 is 18.3 Å². The Bertz CT molecular complexity index is 601. The maximum Gasteiger partial charge on any atom is 0.309 e. The number of esters is 1. The number of anilines is 1. The van der Waals surface area contributed by atoms with E-state index in [0.29, 0.717) is 13.1 Å². The van der Waals surface area contributed by atoms with E-state index in [1.807, 2.05) is 4.90 Å². The van der Waals surface area contributed by atoms with E-state index in [0.717, 1.165) is 40.3 Å². The van der Waals surface area contributed by atoms with Crippen molar-refractivity contribution >= 4 is 38.4 Å². The normalized spacial score (nSPS) is 27.1. The van der Waals surface area contributed by atoms with Crippen molar-refractivity contribution in [3.05, 3.63) is 9.48 Å². The van der Waals surface area contributed by atoms with Gasteiger partial charge in [-0.15, -0.1) is 0 Å². The first-order chi connectivity index (χ1) is 11.4. The molecule has 0 unspecified atom stereocenters. The van der Waals surface area contributed by atoms with Gasteiger partial charge in [0.15, 0.2) is 5.13 Å². The Morgan fingerprint density at radius 1 is 1.33 bits per heavy atom. The van der Waals surface area contributed by atoms with Gasteiger partial charge >= 0.3 is 5.97 Å². The maximum atomic E-state index is 13.3. The number of ether oxygens (including phenoxy) is 1. The van der Waals surface area contributed by atoms with Crippen molar-refractivity contribution in [2.24, 2.45) is 5.92 Å². The van der Waals surface area contributed by atoms with Crippen molar-refractivity contribution in [1.82, 2.24) is 4.98 Å². The molecule has 1 aliphatic carbocycles. The summed E-state index contributed by atoms with van der Waals surface area (Å²) in [6, 6.07) is 0. The maximum absolute atomic E-state index is 13.3. The number of halogens is 3. The number of thiazole rings is 1. The highest BCUT2D eigenvalue weighted by Crippen LogP contribution is 2.44. The van der Waals surface area contributed by atoms with Crippen molar-refractivity contribution in [3.8, 4) is 0 Å². The fourth-order valence-electron chi connectivity index (χ4n) is 3.58. The summed E-state index contributed by atoms with van der Waals surface area (Å²) in [4.78, 5) is 18.7. The van der Waals surface area contributed by atoms with Gasteiger partial charge in [-0.2, -0.15) is 0 Å². The molecule has 0 amide bonds. The third kappa shape index (κ3) is 3.74. The van der Waals surface area contributed by atoms with Gasteiger partial charge in [0.2, 0.25) is 0 Å². The SMILES string of the molecule is COC(=O)[C@@H]1CCCC[C@H]1c1nc(N2CCC(F)(F)CC2)sc1Br. The summed E-state index contributed by atoms with van der Waals surface area (Å²) in [5.74, 6) is -2.87. The smallest absolute Gasteiger partial charge is 0.309 e. The number of hydrogen-bond acceptors (Lipinski definition) is 5. The van der Waals surface area contributed by atoms with Gasteiger partial charge < -0.3 is 9.64 Å². The van der Waals surface area contributed by atoms with E-state index in [-0.39, 0.29) is 30.6 Å². The lowest BCUT2D eigenvalue weighted by Gasteiger charge is -2.31. The van der Waals surface area contributed by atoms with Crippen LogP contribution in [0.3, 0.4) is 0 Å². The van der Waals surface area contributed by atoms with Crippen LogP contribution in [-0.4, -0.2) is 37.1 Å². The van der Waals surface area contributed by atoms with E-state index in [4.69, 9.17) is 9.72 Å². The molecule has 1 aromatic heterocycles. The number of nitrogens with zero attached hydrogens (tertiary/aromatic N) is 2. The van der Waals surface area contributed by atoms with Gasteiger partial charge in [0.1, 0.15) is 0 Å². The second kappa shape index (κ2) is 7.23. The molecule has 0 N–H and O–H groups in total. The summed E-state index contributed by atoms with van der Waals surface area (Å²) < 4.78 is 32.5. The van der Waals surface area contributed by atoms with Crippen LogP contribution in [0.2, 0.25) is 0 Å². The number of hydrogen-bond donors (Lipinski definition) is 0. The summed E-state index contributed by atoms with van der Waals surface area (Å²) >= 11 is 5.04. The Kier molecular flexibility index (Phi) is 5.44. The van der Waals surface area contributed by atoms with E-state index in [1.54, 1.807) is 0 Å². The van der Waals surface area contributed by atoms with Crippen LogP contribution in [0.5, 0.6) is 0 Å². The molecule has 2 aliphatic rings. The average Bonchev–Trinajstić information content (AvgIpc) is 2.95. The average molecular weight is 423 g/mol. The number of aromatic nitrogens is 1. The predicted octanol–water partition coefficient (Wildman–Crippen LogP) is 4.59. The van der Waals surface area contributed by atoms with E-state index in [2.05, 4.69) is 15.9 Å². The van der Waals surface area contributed by atoms with Crippen LogP contribution in [-0.2, 0) is 9.53 Å². The zero-order valence-electron chi connectivity index (χ0n) is 13.6. The monoisotopic (exact) mass is 422 g/mol. The van der Waals surface area contributed by atoms with Crippen molar-refractivity contribution in [2.45, 2.75) is 50.4 Å². The lowest BCUT2D eigenvalue weighted by Crippen LogP contribution is -2.39. The molecule has 1 saturated carbocycles. The molecular formula is C16H21BrF2N2O2S. The van der Waals surface area contributed by atoms with Crippen LogP contribution < -0.4 is 4.90 Å². The molecule has 0 bridgehead atoms. The molecular weight excluding hydrogens is 402 g/mol. The van der Waals surface area contributed by atoms with E-state index >= 15 is 0 Å². The topological polar surface area (TPSA) is 42.4 Å². The Hall–Kier alpha value is -0.760. The van der Waals surface area contributed by atoms with Crippen LogP contribution in [0.4, 0.5) is 13.9 Å². The highest BCUT2D eigenvalue weighted by Gasteiger charge is 2.38. The van der Waals surface area contributed by atoms with Crippen LogP contribution in [0.1, 0.15) is 50.1 Å². The highest BCUT2D eigenvalue weighted by molar-refractivity contribution is 9.11. The molecule has 134 valence electrons. The summed E-state index contributed by atoms with van der Waals surface area (Å²) in [7, 11) is 1.42. The molecule has 2 heterocycles. The van der Waals surface area contributed by atoms with Crippen molar-refractivity contribution in [1.29, 1.82) is 0 Å². The molecule has 8 heteroatoms. The Balaban J connectivity index is 1.79. The van der Waals surface area contributed by atoms with E-state index < -0.39 is 5.92 Å². The number of carbonyl (C=O) groups excluding carboxylic acids is 1. The number of rotatable bonds is 3. The van der Waals surface area contributed by atoms with Gasteiger partial charge in [-0.25, -0.2) is 13.8 Å². The molecule has 1 saturated heterocycles. The number of methoxy groups -OCH3 is 1. The molecule has 2 atom stereocenters. The molecule has 0 spiro atoms. The minimum atomic E-state index is -2.56. The zero-order valence-corrected chi connectivity index (χ0v) is 16.0. The van der Waals surface area contributed by atoms with Gasteiger partial charge in [0.25, 0.3) is 5.92 Å². The minimum Gasteiger partial charge on any atom is -0.469 e. The zero-order chi connectivity index (χ0) is 17.3. The van der Waals surface area contributed by atoms with Crippen LogP contribution in [0.15, 0.2) is 3.79 Å². The lowest BCUT2D eigenvalue weighted by molar-refractivity contribution is -0.147. The number of alkyl halides is 2. The summed E-state index contributed by atoms with van der Waals surface area (Å²) in [6.07, 6.45) is 3.53. The first kappa shape index (κ1) is 18.0. The van der Waals surface area contributed by atoms with E-state index in [1.165, 1.54) is 18.4 Å². The Morgan fingerprint density at radius 3 is 2.67 bits per heavy atom. The van der Waals surface area contributed by atoms with Gasteiger partial charge in [-0.1, -0.05) is 24.2 Å². The molecule has 3 rings (SSSR count). The Morgan fingerprint density at radius 2 is 2.00 bits per heavy atom. The third-order valence-electron chi connectivity index (χ3n) is 4.98. The number of carbonyl (C=O) groups is 1. The molecule has 0 radical (unpaired) electrons. The van der Waals surface area contributed by atoms with Crippen LogP contribution in [0.25, 0.3) is 0 Å². The highest BCUT2D eigenvalue weighted by atomic mass is 79.9.